The number of amides is 2. The summed E-state index contributed by atoms with van der Waals surface area (Å²) in [6.07, 6.45) is 0. The molecule has 0 atom stereocenters. The van der Waals surface area contributed by atoms with E-state index in [0.717, 1.165) is 0 Å². The lowest BCUT2D eigenvalue weighted by molar-refractivity contribution is -0.134. The maximum atomic E-state index is 12.2. The first kappa shape index (κ1) is 14.8. The summed E-state index contributed by atoms with van der Waals surface area (Å²) in [7, 11) is 0. The molecule has 1 saturated heterocycles. The van der Waals surface area contributed by atoms with Gasteiger partial charge in [-0.15, -0.1) is 0 Å². The number of nitrogens with zero attached hydrogens (tertiary/aromatic N) is 2. The molecule has 1 aliphatic heterocycles. The van der Waals surface area contributed by atoms with Gasteiger partial charge in [-0.05, 0) is 24.3 Å². The van der Waals surface area contributed by atoms with Crippen LogP contribution < -0.4 is 4.90 Å². The minimum absolute atomic E-state index is 0.0387. The van der Waals surface area contributed by atoms with E-state index in [4.69, 9.17) is 16.3 Å². The topological polar surface area (TPSA) is 49.9 Å². The Balaban J connectivity index is 2.07. The summed E-state index contributed by atoms with van der Waals surface area (Å²) in [4.78, 5) is 27.1. The molecule has 0 unspecified atom stereocenters. The second-order valence-corrected chi connectivity index (χ2v) is 5.01. The first-order valence-corrected chi connectivity index (χ1v) is 6.85. The van der Waals surface area contributed by atoms with Crippen molar-refractivity contribution in [1.82, 2.24) is 4.90 Å². The molecule has 2 rings (SSSR count). The average Bonchev–Trinajstić information content (AvgIpc) is 2.46. The zero-order chi connectivity index (χ0) is 14.5. The highest BCUT2D eigenvalue weighted by Crippen LogP contribution is 2.18. The molecule has 1 heterocycles. The van der Waals surface area contributed by atoms with Crippen molar-refractivity contribution in [1.29, 1.82) is 0 Å². The van der Waals surface area contributed by atoms with E-state index in [-0.39, 0.29) is 18.4 Å². The quantitative estimate of drug-likeness (QED) is 0.850. The lowest BCUT2D eigenvalue weighted by Crippen LogP contribution is -2.46. The molecular formula is C14H17ClN2O3. The van der Waals surface area contributed by atoms with Crippen LogP contribution in [0.2, 0.25) is 5.02 Å². The summed E-state index contributed by atoms with van der Waals surface area (Å²) in [5.74, 6) is -0.243. The van der Waals surface area contributed by atoms with Crippen molar-refractivity contribution in [2.75, 3.05) is 37.7 Å². The molecule has 1 fully saturated rings. The van der Waals surface area contributed by atoms with E-state index in [1.165, 1.54) is 11.8 Å². The van der Waals surface area contributed by atoms with Gasteiger partial charge < -0.3 is 14.5 Å². The largest absolute Gasteiger partial charge is 0.378 e. The number of benzene rings is 1. The van der Waals surface area contributed by atoms with Gasteiger partial charge in [-0.25, -0.2) is 0 Å². The molecule has 1 aromatic rings. The number of morpholine rings is 1. The van der Waals surface area contributed by atoms with Gasteiger partial charge in [0.2, 0.25) is 11.8 Å². The Kier molecular flexibility index (Phi) is 4.98. The fourth-order valence-electron chi connectivity index (χ4n) is 2.05. The minimum Gasteiger partial charge on any atom is -0.378 e. The van der Waals surface area contributed by atoms with Crippen molar-refractivity contribution >= 4 is 29.1 Å². The van der Waals surface area contributed by atoms with Crippen LogP contribution in [-0.4, -0.2) is 49.6 Å². The number of hydrogen-bond acceptors (Lipinski definition) is 3. The molecule has 20 heavy (non-hydrogen) atoms. The van der Waals surface area contributed by atoms with Crippen molar-refractivity contribution in [3.05, 3.63) is 29.3 Å². The molecule has 108 valence electrons. The number of carbonyl (C=O) groups is 2. The Bertz CT molecular complexity index is 484. The fourth-order valence-corrected chi connectivity index (χ4v) is 2.18. The van der Waals surface area contributed by atoms with Gasteiger partial charge in [0.25, 0.3) is 0 Å². The van der Waals surface area contributed by atoms with Gasteiger partial charge in [-0.2, -0.15) is 0 Å². The van der Waals surface area contributed by atoms with E-state index in [1.54, 1.807) is 29.2 Å². The summed E-state index contributed by atoms with van der Waals surface area (Å²) in [6.45, 7) is 3.73. The third kappa shape index (κ3) is 3.71. The first-order chi connectivity index (χ1) is 9.58. The van der Waals surface area contributed by atoms with Gasteiger partial charge in [0.05, 0.1) is 13.2 Å². The van der Waals surface area contributed by atoms with Gasteiger partial charge in [-0.3, -0.25) is 9.59 Å². The smallest absolute Gasteiger partial charge is 0.242 e. The summed E-state index contributed by atoms with van der Waals surface area (Å²) >= 11 is 5.83. The monoisotopic (exact) mass is 296 g/mol. The zero-order valence-electron chi connectivity index (χ0n) is 11.3. The number of carbonyl (C=O) groups excluding carboxylic acids is 2. The lowest BCUT2D eigenvalue weighted by atomic mass is 10.2. The summed E-state index contributed by atoms with van der Waals surface area (Å²) in [5.41, 5.74) is 0.670. The van der Waals surface area contributed by atoms with Crippen LogP contribution in [0.4, 0.5) is 5.69 Å². The molecule has 0 aromatic heterocycles. The highest BCUT2D eigenvalue weighted by atomic mass is 35.5. The zero-order valence-corrected chi connectivity index (χ0v) is 12.1. The van der Waals surface area contributed by atoms with Crippen molar-refractivity contribution in [2.45, 2.75) is 6.92 Å². The molecule has 0 N–H and O–H groups in total. The standard InChI is InChI=1S/C14H17ClN2O3/c1-11(18)17(13-4-2-12(15)3-5-13)10-14(19)16-6-8-20-9-7-16/h2-5H,6-10H2,1H3. The summed E-state index contributed by atoms with van der Waals surface area (Å²) in [6, 6.07) is 6.87. The normalized spacial score (nSPS) is 15.0. The molecule has 6 heteroatoms. The van der Waals surface area contributed by atoms with Crippen molar-refractivity contribution < 1.29 is 14.3 Å². The molecule has 0 bridgehead atoms. The van der Waals surface area contributed by atoms with Gasteiger partial charge in [-0.1, -0.05) is 11.6 Å². The first-order valence-electron chi connectivity index (χ1n) is 6.47. The number of hydrogen-bond donors (Lipinski definition) is 0. The number of anilines is 1. The fraction of sp³-hybridized carbons (Fsp3) is 0.429. The molecule has 2 amide bonds. The number of rotatable bonds is 3. The van der Waals surface area contributed by atoms with Crippen LogP contribution in [0, 0.1) is 0 Å². The molecule has 1 aliphatic rings. The Hall–Kier alpha value is -1.59. The molecular weight excluding hydrogens is 280 g/mol. The third-order valence-corrected chi connectivity index (χ3v) is 3.43. The van der Waals surface area contributed by atoms with Crippen molar-refractivity contribution in [3.63, 3.8) is 0 Å². The lowest BCUT2D eigenvalue weighted by Gasteiger charge is -2.29. The van der Waals surface area contributed by atoms with E-state index in [0.29, 0.717) is 37.0 Å². The highest BCUT2D eigenvalue weighted by molar-refractivity contribution is 6.30. The summed E-state index contributed by atoms with van der Waals surface area (Å²) in [5, 5.41) is 0.594. The van der Waals surface area contributed by atoms with E-state index in [9.17, 15) is 9.59 Å². The highest BCUT2D eigenvalue weighted by Gasteiger charge is 2.21. The third-order valence-electron chi connectivity index (χ3n) is 3.18. The summed E-state index contributed by atoms with van der Waals surface area (Å²) < 4.78 is 5.21. The van der Waals surface area contributed by atoms with Crippen LogP contribution >= 0.6 is 11.6 Å². The van der Waals surface area contributed by atoms with E-state index < -0.39 is 0 Å². The Morgan fingerprint density at radius 1 is 1.25 bits per heavy atom. The minimum atomic E-state index is -0.172. The van der Waals surface area contributed by atoms with E-state index in [2.05, 4.69) is 0 Å². The molecule has 1 aromatic carbocycles. The molecule has 5 nitrogen and oxygen atoms in total. The van der Waals surface area contributed by atoms with E-state index >= 15 is 0 Å². The Labute approximate surface area is 123 Å². The Morgan fingerprint density at radius 2 is 1.85 bits per heavy atom. The van der Waals surface area contributed by atoms with Gasteiger partial charge >= 0.3 is 0 Å². The van der Waals surface area contributed by atoms with Crippen LogP contribution in [0.15, 0.2) is 24.3 Å². The van der Waals surface area contributed by atoms with Crippen LogP contribution in [0.25, 0.3) is 0 Å². The van der Waals surface area contributed by atoms with Gasteiger partial charge in [0.1, 0.15) is 6.54 Å². The van der Waals surface area contributed by atoms with E-state index in [1.807, 2.05) is 0 Å². The van der Waals surface area contributed by atoms with Crippen LogP contribution in [0.1, 0.15) is 6.92 Å². The Morgan fingerprint density at radius 3 is 2.40 bits per heavy atom. The molecule has 0 spiro atoms. The molecule has 0 radical (unpaired) electrons. The van der Waals surface area contributed by atoms with Crippen molar-refractivity contribution in [2.24, 2.45) is 0 Å². The number of ether oxygens (including phenoxy) is 1. The predicted octanol–water partition coefficient (Wildman–Crippen LogP) is 1.55. The van der Waals surface area contributed by atoms with Gasteiger partial charge in [0.15, 0.2) is 0 Å². The second kappa shape index (κ2) is 6.72. The maximum Gasteiger partial charge on any atom is 0.242 e. The van der Waals surface area contributed by atoms with Crippen LogP contribution in [-0.2, 0) is 14.3 Å². The van der Waals surface area contributed by atoms with Gasteiger partial charge in [0, 0.05) is 30.7 Å². The van der Waals surface area contributed by atoms with Crippen LogP contribution in [0.3, 0.4) is 0 Å². The number of halogens is 1. The predicted molar refractivity (Wildman–Crippen MR) is 76.9 cm³/mol. The molecule has 0 saturated carbocycles. The average molecular weight is 297 g/mol. The SMILES string of the molecule is CC(=O)N(CC(=O)N1CCOCC1)c1ccc(Cl)cc1. The van der Waals surface area contributed by atoms with Crippen LogP contribution in [0.5, 0.6) is 0 Å². The maximum absolute atomic E-state index is 12.2. The van der Waals surface area contributed by atoms with Crippen molar-refractivity contribution in [3.8, 4) is 0 Å². The molecule has 0 aliphatic carbocycles. The second-order valence-electron chi connectivity index (χ2n) is 4.57.